The van der Waals surface area contributed by atoms with Crippen molar-refractivity contribution in [3.63, 3.8) is 0 Å². The number of carbonyl (C=O) groups is 3. The second-order valence-corrected chi connectivity index (χ2v) is 6.49. The van der Waals surface area contributed by atoms with Gasteiger partial charge in [-0.3, -0.25) is 9.59 Å². The summed E-state index contributed by atoms with van der Waals surface area (Å²) in [6.07, 6.45) is 0.394. The number of hydrogen-bond acceptors (Lipinski definition) is 5. The highest BCUT2D eigenvalue weighted by Gasteiger charge is 2.38. The van der Waals surface area contributed by atoms with E-state index in [1.807, 2.05) is 13.8 Å². The number of nitrogens with zero attached hydrogens (tertiary/aromatic N) is 1. The molecule has 2 amide bonds. The van der Waals surface area contributed by atoms with E-state index in [-0.39, 0.29) is 5.92 Å². The minimum atomic E-state index is -1.09. The van der Waals surface area contributed by atoms with Crippen LogP contribution in [-0.4, -0.2) is 63.7 Å². The molecular weight excluding hydrogens is 302 g/mol. The average Bonchev–Trinajstić information content (AvgIpc) is 2.93. The van der Waals surface area contributed by atoms with Crippen molar-refractivity contribution in [3.8, 4) is 0 Å². The molecule has 23 heavy (non-hydrogen) atoms. The standard InChI is InChI=1S/C15H27N3O5/c1-8(2)7-10(15(22)23)17-13(20)11-5-4-6-18(11)14(21)12(16)9(3)19/h8-12,19H,4-7,16H2,1-3H3,(H,17,20)(H,22,23). The highest BCUT2D eigenvalue weighted by atomic mass is 16.4. The summed E-state index contributed by atoms with van der Waals surface area (Å²) in [6.45, 7) is 5.53. The van der Waals surface area contributed by atoms with E-state index in [0.717, 1.165) is 0 Å². The van der Waals surface area contributed by atoms with Crippen LogP contribution >= 0.6 is 0 Å². The lowest BCUT2D eigenvalue weighted by atomic mass is 10.0. The predicted octanol–water partition coefficient (Wildman–Crippen LogP) is -0.699. The molecule has 0 aliphatic carbocycles. The van der Waals surface area contributed by atoms with Crippen LogP contribution in [0.4, 0.5) is 0 Å². The molecule has 0 aromatic carbocycles. The van der Waals surface area contributed by atoms with Gasteiger partial charge in [-0.15, -0.1) is 0 Å². The molecular formula is C15H27N3O5. The SMILES string of the molecule is CC(C)CC(NC(=O)C1CCCN1C(=O)C(N)C(C)O)C(=O)O. The van der Waals surface area contributed by atoms with Crippen molar-refractivity contribution in [1.29, 1.82) is 0 Å². The van der Waals surface area contributed by atoms with Gasteiger partial charge in [-0.2, -0.15) is 0 Å². The molecule has 1 aliphatic rings. The monoisotopic (exact) mass is 329 g/mol. The molecule has 0 aromatic rings. The van der Waals surface area contributed by atoms with Gasteiger partial charge in [0.25, 0.3) is 0 Å². The molecule has 5 N–H and O–H groups in total. The van der Waals surface area contributed by atoms with E-state index >= 15 is 0 Å². The molecule has 8 nitrogen and oxygen atoms in total. The third kappa shape index (κ3) is 5.18. The van der Waals surface area contributed by atoms with Crippen molar-refractivity contribution in [3.05, 3.63) is 0 Å². The van der Waals surface area contributed by atoms with Crippen molar-refractivity contribution in [2.75, 3.05) is 6.54 Å². The van der Waals surface area contributed by atoms with Gasteiger partial charge < -0.3 is 26.2 Å². The Balaban J connectivity index is 2.77. The first kappa shape index (κ1) is 19.4. The minimum absolute atomic E-state index is 0.112. The van der Waals surface area contributed by atoms with Crippen LogP contribution in [0.2, 0.25) is 0 Å². The molecule has 8 heteroatoms. The molecule has 0 spiro atoms. The van der Waals surface area contributed by atoms with Crippen LogP contribution in [0.15, 0.2) is 0 Å². The number of amides is 2. The van der Waals surface area contributed by atoms with E-state index in [0.29, 0.717) is 25.8 Å². The fourth-order valence-corrected chi connectivity index (χ4v) is 2.66. The van der Waals surface area contributed by atoms with Gasteiger partial charge in [-0.25, -0.2) is 4.79 Å². The van der Waals surface area contributed by atoms with Gasteiger partial charge in [0.2, 0.25) is 11.8 Å². The summed E-state index contributed by atoms with van der Waals surface area (Å²) in [5.41, 5.74) is 5.65. The Kier molecular flexibility index (Phi) is 6.96. The third-order valence-electron chi connectivity index (χ3n) is 3.97. The number of carbonyl (C=O) groups excluding carboxylic acids is 2. The zero-order valence-corrected chi connectivity index (χ0v) is 13.9. The van der Waals surface area contributed by atoms with E-state index in [1.165, 1.54) is 11.8 Å². The number of aliphatic hydroxyl groups excluding tert-OH is 1. The number of carboxylic acid groups (broad SMARTS) is 1. The van der Waals surface area contributed by atoms with Crippen molar-refractivity contribution in [2.24, 2.45) is 11.7 Å². The molecule has 132 valence electrons. The van der Waals surface area contributed by atoms with E-state index in [1.54, 1.807) is 0 Å². The smallest absolute Gasteiger partial charge is 0.326 e. The largest absolute Gasteiger partial charge is 0.480 e. The van der Waals surface area contributed by atoms with Gasteiger partial charge in [0.1, 0.15) is 18.1 Å². The summed E-state index contributed by atoms with van der Waals surface area (Å²) >= 11 is 0. The van der Waals surface area contributed by atoms with Gasteiger partial charge in [0.15, 0.2) is 0 Å². The lowest BCUT2D eigenvalue weighted by Crippen LogP contribution is -2.55. The van der Waals surface area contributed by atoms with Crippen LogP contribution in [0.1, 0.15) is 40.0 Å². The van der Waals surface area contributed by atoms with Crippen LogP contribution in [0, 0.1) is 5.92 Å². The maximum absolute atomic E-state index is 12.4. The topological polar surface area (TPSA) is 133 Å². The molecule has 4 unspecified atom stereocenters. The van der Waals surface area contributed by atoms with E-state index < -0.39 is 42.0 Å². The summed E-state index contributed by atoms with van der Waals surface area (Å²) in [5, 5.41) is 21.2. The number of nitrogens with one attached hydrogen (secondary N) is 1. The molecule has 1 aliphatic heterocycles. The fraction of sp³-hybridized carbons (Fsp3) is 0.800. The van der Waals surface area contributed by atoms with Gasteiger partial charge in [-0.05, 0) is 32.1 Å². The van der Waals surface area contributed by atoms with Gasteiger partial charge in [-0.1, -0.05) is 13.8 Å². The van der Waals surface area contributed by atoms with Crippen molar-refractivity contribution in [2.45, 2.75) is 64.3 Å². The average molecular weight is 329 g/mol. The number of hydrogen-bond donors (Lipinski definition) is 4. The zero-order valence-electron chi connectivity index (χ0n) is 13.9. The molecule has 1 rings (SSSR count). The molecule has 4 atom stereocenters. The number of carboxylic acids is 1. The summed E-state index contributed by atoms with van der Waals surface area (Å²) in [6, 6.07) is -2.80. The predicted molar refractivity (Wildman–Crippen MR) is 83.4 cm³/mol. The van der Waals surface area contributed by atoms with E-state index in [2.05, 4.69) is 5.32 Å². The van der Waals surface area contributed by atoms with E-state index in [4.69, 9.17) is 5.73 Å². The van der Waals surface area contributed by atoms with Gasteiger partial charge >= 0.3 is 5.97 Å². The van der Waals surface area contributed by atoms with Crippen LogP contribution in [0.5, 0.6) is 0 Å². The number of likely N-dealkylation sites (tertiary alicyclic amines) is 1. The maximum atomic E-state index is 12.4. The van der Waals surface area contributed by atoms with Crippen LogP contribution < -0.4 is 11.1 Å². The minimum Gasteiger partial charge on any atom is -0.480 e. The first-order valence-electron chi connectivity index (χ1n) is 7.92. The van der Waals surface area contributed by atoms with Crippen LogP contribution in [0.25, 0.3) is 0 Å². The molecule has 1 heterocycles. The lowest BCUT2D eigenvalue weighted by Gasteiger charge is -2.28. The fourth-order valence-electron chi connectivity index (χ4n) is 2.66. The summed E-state index contributed by atoms with van der Waals surface area (Å²) in [7, 11) is 0. The Bertz CT molecular complexity index is 452. The summed E-state index contributed by atoms with van der Waals surface area (Å²) in [5.74, 6) is -1.96. The van der Waals surface area contributed by atoms with Crippen LogP contribution in [0.3, 0.4) is 0 Å². The Labute approximate surface area is 136 Å². The molecule has 0 radical (unpaired) electrons. The Morgan fingerprint density at radius 2 is 1.91 bits per heavy atom. The normalized spacial score (nSPS) is 21.8. The molecule has 1 fully saturated rings. The first-order valence-corrected chi connectivity index (χ1v) is 7.92. The Hall–Kier alpha value is -1.67. The van der Waals surface area contributed by atoms with Crippen molar-refractivity contribution >= 4 is 17.8 Å². The third-order valence-corrected chi connectivity index (χ3v) is 3.97. The second kappa shape index (κ2) is 8.26. The number of nitrogens with two attached hydrogens (primary N) is 1. The quantitative estimate of drug-likeness (QED) is 0.488. The van der Waals surface area contributed by atoms with Crippen molar-refractivity contribution < 1.29 is 24.6 Å². The zero-order chi connectivity index (χ0) is 17.7. The number of aliphatic hydroxyl groups is 1. The second-order valence-electron chi connectivity index (χ2n) is 6.49. The van der Waals surface area contributed by atoms with Gasteiger partial charge in [0.05, 0.1) is 6.10 Å². The first-order chi connectivity index (χ1) is 10.6. The highest BCUT2D eigenvalue weighted by molar-refractivity contribution is 5.92. The number of aliphatic carboxylic acids is 1. The Morgan fingerprint density at radius 3 is 2.39 bits per heavy atom. The lowest BCUT2D eigenvalue weighted by molar-refractivity contribution is -0.145. The molecule has 1 saturated heterocycles. The maximum Gasteiger partial charge on any atom is 0.326 e. The summed E-state index contributed by atoms with van der Waals surface area (Å²) < 4.78 is 0. The Morgan fingerprint density at radius 1 is 1.30 bits per heavy atom. The number of rotatable bonds is 7. The molecule has 0 bridgehead atoms. The van der Waals surface area contributed by atoms with Crippen molar-refractivity contribution in [1.82, 2.24) is 10.2 Å². The molecule has 0 saturated carbocycles. The van der Waals surface area contributed by atoms with Gasteiger partial charge in [0, 0.05) is 6.54 Å². The van der Waals surface area contributed by atoms with E-state index in [9.17, 15) is 24.6 Å². The summed E-state index contributed by atoms with van der Waals surface area (Å²) in [4.78, 5) is 37.2. The molecule has 0 aromatic heterocycles. The van der Waals surface area contributed by atoms with Crippen LogP contribution in [-0.2, 0) is 14.4 Å². The highest BCUT2D eigenvalue weighted by Crippen LogP contribution is 2.19.